The van der Waals surface area contributed by atoms with Gasteiger partial charge in [-0.25, -0.2) is 0 Å². The predicted octanol–water partition coefficient (Wildman–Crippen LogP) is 1.20. The number of aryl methyl sites for hydroxylation is 2. The second-order valence-corrected chi connectivity index (χ2v) is 6.09. The number of carbonyl (C=O) groups excluding carboxylic acids is 2. The van der Waals surface area contributed by atoms with E-state index in [0.29, 0.717) is 16.4 Å². The molecule has 3 heterocycles. The maximum Gasteiger partial charge on any atom is 0.276 e. The number of carbonyl (C=O) groups is 2. The van der Waals surface area contributed by atoms with Gasteiger partial charge in [-0.05, 0) is 6.92 Å². The highest BCUT2D eigenvalue weighted by Crippen LogP contribution is 2.18. The van der Waals surface area contributed by atoms with E-state index in [2.05, 4.69) is 25.9 Å². The summed E-state index contributed by atoms with van der Waals surface area (Å²) in [4.78, 5) is 24.8. The molecule has 26 heavy (non-hydrogen) atoms. The van der Waals surface area contributed by atoms with E-state index >= 15 is 0 Å². The lowest BCUT2D eigenvalue weighted by Crippen LogP contribution is -2.22. The van der Waals surface area contributed by atoms with Crippen molar-refractivity contribution in [1.82, 2.24) is 29.3 Å². The molecular weight excluding hydrogens is 360 g/mol. The number of hydrogen-bond acceptors (Lipinski definition) is 5. The van der Waals surface area contributed by atoms with Gasteiger partial charge in [0.1, 0.15) is 12.2 Å². The standard InChI is InChI=1S/C15H17ClN8O2/c1-9-11(5-17-22(9)2)21-15(26)14-12(6-18-23(14)3)20-13(25)8-24-7-10(16)4-19-24/h4-7H,8H2,1-3H3,(H,20,25)(H,21,26). The summed E-state index contributed by atoms with van der Waals surface area (Å²) in [6.07, 6.45) is 5.94. The third kappa shape index (κ3) is 3.59. The Balaban J connectivity index is 1.74. The van der Waals surface area contributed by atoms with Gasteiger partial charge in [0.2, 0.25) is 5.91 Å². The molecule has 0 aliphatic carbocycles. The molecule has 0 atom stereocenters. The van der Waals surface area contributed by atoms with Crippen LogP contribution in [0.5, 0.6) is 0 Å². The zero-order valence-corrected chi connectivity index (χ0v) is 15.2. The Morgan fingerprint density at radius 3 is 2.35 bits per heavy atom. The third-order valence-corrected chi connectivity index (χ3v) is 4.01. The number of nitrogens with one attached hydrogen (secondary N) is 2. The highest BCUT2D eigenvalue weighted by atomic mass is 35.5. The highest BCUT2D eigenvalue weighted by molar-refractivity contribution is 6.30. The van der Waals surface area contributed by atoms with Gasteiger partial charge in [0.05, 0.1) is 40.7 Å². The Hall–Kier alpha value is -3.14. The smallest absolute Gasteiger partial charge is 0.276 e. The van der Waals surface area contributed by atoms with Gasteiger partial charge < -0.3 is 10.6 Å². The maximum absolute atomic E-state index is 12.6. The molecule has 0 aliphatic heterocycles. The number of amides is 2. The quantitative estimate of drug-likeness (QED) is 0.695. The van der Waals surface area contributed by atoms with Crippen LogP contribution in [0.1, 0.15) is 16.2 Å². The fourth-order valence-corrected chi connectivity index (χ4v) is 2.52. The molecule has 0 unspecified atom stereocenters. The van der Waals surface area contributed by atoms with Crippen LogP contribution in [-0.2, 0) is 25.4 Å². The second kappa shape index (κ2) is 7.00. The van der Waals surface area contributed by atoms with Gasteiger partial charge in [0.25, 0.3) is 5.91 Å². The molecule has 3 aromatic heterocycles. The van der Waals surface area contributed by atoms with Crippen molar-refractivity contribution in [2.45, 2.75) is 13.5 Å². The number of aromatic nitrogens is 6. The second-order valence-electron chi connectivity index (χ2n) is 5.66. The first-order valence-electron chi connectivity index (χ1n) is 7.65. The minimum Gasteiger partial charge on any atom is -0.321 e. The van der Waals surface area contributed by atoms with Gasteiger partial charge >= 0.3 is 0 Å². The number of hydrogen-bond donors (Lipinski definition) is 2. The van der Waals surface area contributed by atoms with E-state index in [4.69, 9.17) is 11.6 Å². The molecule has 10 nitrogen and oxygen atoms in total. The van der Waals surface area contributed by atoms with Crippen LogP contribution in [0.15, 0.2) is 24.8 Å². The average molecular weight is 377 g/mol. The summed E-state index contributed by atoms with van der Waals surface area (Å²) in [5.74, 6) is -0.761. The molecular formula is C15H17ClN8O2. The van der Waals surface area contributed by atoms with E-state index in [1.165, 1.54) is 28.0 Å². The highest BCUT2D eigenvalue weighted by Gasteiger charge is 2.20. The predicted molar refractivity (Wildman–Crippen MR) is 95.0 cm³/mol. The minimum atomic E-state index is -0.404. The van der Waals surface area contributed by atoms with E-state index in [0.717, 1.165) is 5.69 Å². The van der Waals surface area contributed by atoms with Gasteiger partial charge in [-0.15, -0.1) is 0 Å². The molecule has 2 N–H and O–H groups in total. The summed E-state index contributed by atoms with van der Waals surface area (Å²) in [6, 6.07) is 0. The first-order valence-corrected chi connectivity index (χ1v) is 8.02. The van der Waals surface area contributed by atoms with E-state index in [9.17, 15) is 9.59 Å². The number of anilines is 2. The molecule has 0 aliphatic rings. The van der Waals surface area contributed by atoms with E-state index < -0.39 is 5.91 Å². The van der Waals surface area contributed by atoms with Crippen LogP contribution in [0.3, 0.4) is 0 Å². The Morgan fingerprint density at radius 2 is 1.73 bits per heavy atom. The van der Waals surface area contributed by atoms with Crippen molar-refractivity contribution in [1.29, 1.82) is 0 Å². The molecule has 0 radical (unpaired) electrons. The molecule has 136 valence electrons. The Bertz CT molecular complexity index is 970. The van der Waals surface area contributed by atoms with Gasteiger partial charge in [-0.1, -0.05) is 11.6 Å². The maximum atomic E-state index is 12.6. The lowest BCUT2D eigenvalue weighted by Gasteiger charge is -2.09. The van der Waals surface area contributed by atoms with Gasteiger partial charge in [-0.2, -0.15) is 15.3 Å². The number of nitrogens with zero attached hydrogens (tertiary/aromatic N) is 6. The molecule has 3 aromatic rings. The first-order chi connectivity index (χ1) is 12.3. The number of rotatable bonds is 5. The Kier molecular flexibility index (Phi) is 4.76. The molecule has 11 heteroatoms. The summed E-state index contributed by atoms with van der Waals surface area (Å²) in [5, 5.41) is 17.9. The van der Waals surface area contributed by atoms with Crippen molar-refractivity contribution in [3.63, 3.8) is 0 Å². The third-order valence-electron chi connectivity index (χ3n) is 3.82. The molecule has 0 bridgehead atoms. The summed E-state index contributed by atoms with van der Waals surface area (Å²) in [6.45, 7) is 1.80. The summed E-state index contributed by atoms with van der Waals surface area (Å²) < 4.78 is 4.44. The first kappa shape index (κ1) is 17.7. The zero-order chi connectivity index (χ0) is 18.8. The Labute approximate surface area is 153 Å². The van der Waals surface area contributed by atoms with Crippen molar-refractivity contribution >= 4 is 34.8 Å². The van der Waals surface area contributed by atoms with Crippen LogP contribution in [-0.4, -0.2) is 41.2 Å². The fraction of sp³-hybridized carbons (Fsp3) is 0.267. The van der Waals surface area contributed by atoms with Crippen molar-refractivity contribution < 1.29 is 9.59 Å². The van der Waals surface area contributed by atoms with Gasteiger partial charge in [0.15, 0.2) is 0 Å². The molecule has 0 aromatic carbocycles. The van der Waals surface area contributed by atoms with E-state index in [1.807, 2.05) is 6.92 Å². The van der Waals surface area contributed by atoms with Gasteiger partial charge in [0, 0.05) is 20.3 Å². The molecule has 0 spiro atoms. The Morgan fingerprint density at radius 1 is 1.04 bits per heavy atom. The molecule has 0 saturated heterocycles. The molecule has 0 saturated carbocycles. The SMILES string of the molecule is Cc1c(NC(=O)c2c(NC(=O)Cn3cc(Cl)cn3)cnn2C)cnn1C. The van der Waals surface area contributed by atoms with Crippen molar-refractivity contribution in [3.8, 4) is 0 Å². The van der Waals surface area contributed by atoms with Crippen molar-refractivity contribution in [3.05, 3.63) is 41.2 Å². The molecule has 0 fully saturated rings. The summed E-state index contributed by atoms with van der Waals surface area (Å²) in [7, 11) is 3.40. The lowest BCUT2D eigenvalue weighted by atomic mass is 10.3. The summed E-state index contributed by atoms with van der Waals surface area (Å²) >= 11 is 5.78. The lowest BCUT2D eigenvalue weighted by molar-refractivity contribution is -0.116. The van der Waals surface area contributed by atoms with Crippen LogP contribution in [0, 0.1) is 6.92 Å². The van der Waals surface area contributed by atoms with Gasteiger partial charge in [-0.3, -0.25) is 23.6 Å². The average Bonchev–Trinajstić information content (AvgIpc) is 3.23. The summed E-state index contributed by atoms with van der Waals surface area (Å²) in [5.41, 5.74) is 1.92. The van der Waals surface area contributed by atoms with Crippen LogP contribution < -0.4 is 10.6 Å². The molecule has 2 amide bonds. The van der Waals surface area contributed by atoms with E-state index in [1.54, 1.807) is 25.0 Å². The van der Waals surface area contributed by atoms with Crippen LogP contribution in [0.4, 0.5) is 11.4 Å². The van der Waals surface area contributed by atoms with Crippen LogP contribution in [0.2, 0.25) is 5.02 Å². The van der Waals surface area contributed by atoms with E-state index in [-0.39, 0.29) is 18.1 Å². The number of halogens is 1. The normalized spacial score (nSPS) is 10.8. The largest absolute Gasteiger partial charge is 0.321 e. The van der Waals surface area contributed by atoms with Crippen molar-refractivity contribution in [2.75, 3.05) is 10.6 Å². The van der Waals surface area contributed by atoms with Crippen LogP contribution in [0.25, 0.3) is 0 Å². The monoisotopic (exact) mass is 376 g/mol. The molecule has 3 rings (SSSR count). The van der Waals surface area contributed by atoms with Crippen molar-refractivity contribution in [2.24, 2.45) is 14.1 Å². The fourth-order valence-electron chi connectivity index (χ4n) is 2.36. The topological polar surface area (TPSA) is 112 Å². The van der Waals surface area contributed by atoms with Crippen LogP contribution >= 0.6 is 11.6 Å². The zero-order valence-electron chi connectivity index (χ0n) is 14.4. The minimum absolute atomic E-state index is 0.0373.